The van der Waals surface area contributed by atoms with Crippen LogP contribution in [0, 0.1) is 0 Å². The zero-order valence-electron chi connectivity index (χ0n) is 16.7. The Balaban J connectivity index is 2.16. The molecule has 1 aromatic heterocycles. The van der Waals surface area contributed by atoms with Gasteiger partial charge in [0.15, 0.2) is 0 Å². The molecule has 3 aromatic rings. The second-order valence-electron chi connectivity index (χ2n) is 6.64. The standard InChI is InChI=1S/C21H22N2O6S/c1-14(19(20(24)28-2)22-21(25)29-3)17-13-23(18-12-8-7-11-16(17)18)30(26,27)15-9-5-4-6-10-15/h4-14,19H,1-3H3,(H,22,25)/t14-,19+/m1/s1. The van der Waals surface area contributed by atoms with Crippen molar-refractivity contribution in [1.82, 2.24) is 9.29 Å². The van der Waals surface area contributed by atoms with Gasteiger partial charge in [0.2, 0.25) is 0 Å². The van der Waals surface area contributed by atoms with Gasteiger partial charge in [0.05, 0.1) is 24.6 Å². The predicted molar refractivity (Wildman–Crippen MR) is 111 cm³/mol. The van der Waals surface area contributed by atoms with Crippen molar-refractivity contribution >= 4 is 33.0 Å². The number of fused-ring (bicyclic) bond motifs is 1. The minimum atomic E-state index is -3.87. The Labute approximate surface area is 174 Å². The number of hydrogen-bond donors (Lipinski definition) is 1. The van der Waals surface area contributed by atoms with Gasteiger partial charge in [0.1, 0.15) is 6.04 Å². The normalized spacial score (nSPS) is 13.4. The zero-order valence-corrected chi connectivity index (χ0v) is 17.5. The number of hydrogen-bond acceptors (Lipinski definition) is 6. The van der Waals surface area contributed by atoms with Crippen LogP contribution in [0.1, 0.15) is 18.4 Å². The van der Waals surface area contributed by atoms with Crippen molar-refractivity contribution in [2.24, 2.45) is 0 Å². The molecule has 3 rings (SSSR count). The lowest BCUT2D eigenvalue weighted by atomic mass is 9.93. The number of benzene rings is 2. The molecular weight excluding hydrogens is 408 g/mol. The summed E-state index contributed by atoms with van der Waals surface area (Å²) in [5, 5.41) is 3.11. The summed E-state index contributed by atoms with van der Waals surface area (Å²) in [5.41, 5.74) is 1.03. The van der Waals surface area contributed by atoms with Crippen LogP contribution < -0.4 is 5.32 Å². The van der Waals surface area contributed by atoms with E-state index in [2.05, 4.69) is 10.1 Å². The molecule has 0 aliphatic heterocycles. The van der Waals surface area contributed by atoms with Crippen molar-refractivity contribution in [3.05, 3.63) is 66.4 Å². The van der Waals surface area contributed by atoms with E-state index in [9.17, 15) is 18.0 Å². The van der Waals surface area contributed by atoms with Crippen LogP contribution in [0.4, 0.5) is 4.79 Å². The molecule has 0 saturated heterocycles. The third kappa shape index (κ3) is 3.88. The van der Waals surface area contributed by atoms with Gasteiger partial charge in [0.25, 0.3) is 10.0 Å². The molecule has 0 saturated carbocycles. The number of carbonyl (C=O) groups is 2. The highest BCUT2D eigenvalue weighted by Crippen LogP contribution is 2.32. The molecular formula is C21H22N2O6S. The summed E-state index contributed by atoms with van der Waals surface area (Å²) in [6.07, 6.45) is 0.685. The largest absolute Gasteiger partial charge is 0.467 e. The summed E-state index contributed by atoms with van der Waals surface area (Å²) in [4.78, 5) is 24.2. The van der Waals surface area contributed by atoms with E-state index in [4.69, 9.17) is 4.74 Å². The first-order valence-corrected chi connectivity index (χ1v) is 10.6. The van der Waals surface area contributed by atoms with E-state index in [1.807, 2.05) is 0 Å². The molecule has 158 valence electrons. The number of ether oxygens (including phenoxy) is 2. The van der Waals surface area contributed by atoms with Crippen LogP contribution >= 0.6 is 0 Å². The summed E-state index contributed by atoms with van der Waals surface area (Å²) >= 11 is 0. The monoisotopic (exact) mass is 430 g/mol. The lowest BCUT2D eigenvalue weighted by Gasteiger charge is -2.22. The smallest absolute Gasteiger partial charge is 0.407 e. The number of rotatable bonds is 6. The second kappa shape index (κ2) is 8.58. The molecule has 2 aromatic carbocycles. The third-order valence-electron chi connectivity index (χ3n) is 4.91. The number of methoxy groups -OCH3 is 2. The Kier molecular flexibility index (Phi) is 6.12. The van der Waals surface area contributed by atoms with E-state index >= 15 is 0 Å². The van der Waals surface area contributed by atoms with Gasteiger partial charge in [0, 0.05) is 17.5 Å². The molecule has 0 aliphatic rings. The van der Waals surface area contributed by atoms with Gasteiger partial charge in [-0.1, -0.05) is 43.3 Å². The Morgan fingerprint density at radius 2 is 1.60 bits per heavy atom. The Morgan fingerprint density at radius 1 is 0.967 bits per heavy atom. The SMILES string of the molecule is COC(=O)N[C@H](C(=O)OC)[C@H](C)c1cn(S(=O)(=O)c2ccccc2)c2ccccc12. The van der Waals surface area contributed by atoms with Crippen molar-refractivity contribution in [2.75, 3.05) is 14.2 Å². The molecule has 9 heteroatoms. The van der Waals surface area contributed by atoms with E-state index < -0.39 is 34.0 Å². The van der Waals surface area contributed by atoms with Gasteiger partial charge >= 0.3 is 12.1 Å². The van der Waals surface area contributed by atoms with Gasteiger partial charge in [-0.25, -0.2) is 22.0 Å². The van der Waals surface area contributed by atoms with Crippen LogP contribution in [0.2, 0.25) is 0 Å². The van der Waals surface area contributed by atoms with Gasteiger partial charge in [-0.15, -0.1) is 0 Å². The minimum absolute atomic E-state index is 0.141. The Hall–Kier alpha value is -3.33. The summed E-state index contributed by atoms with van der Waals surface area (Å²) < 4.78 is 37.1. The fourth-order valence-corrected chi connectivity index (χ4v) is 4.72. The van der Waals surface area contributed by atoms with E-state index in [1.54, 1.807) is 49.4 Å². The average Bonchev–Trinajstić information content (AvgIpc) is 3.17. The molecule has 0 fully saturated rings. The predicted octanol–water partition coefficient (Wildman–Crippen LogP) is 2.88. The van der Waals surface area contributed by atoms with Crippen LogP contribution in [0.5, 0.6) is 0 Å². The Bertz CT molecular complexity index is 1170. The van der Waals surface area contributed by atoms with Gasteiger partial charge in [-0.2, -0.15) is 0 Å². The van der Waals surface area contributed by atoms with Crippen molar-refractivity contribution in [3.63, 3.8) is 0 Å². The Morgan fingerprint density at radius 3 is 2.23 bits per heavy atom. The fourth-order valence-electron chi connectivity index (χ4n) is 3.32. The van der Waals surface area contributed by atoms with Crippen molar-refractivity contribution < 1.29 is 27.5 Å². The number of nitrogens with zero attached hydrogens (tertiary/aromatic N) is 1. The quantitative estimate of drug-likeness (QED) is 0.603. The number of alkyl carbamates (subject to hydrolysis) is 1. The van der Waals surface area contributed by atoms with Crippen molar-refractivity contribution in [1.29, 1.82) is 0 Å². The lowest BCUT2D eigenvalue weighted by molar-refractivity contribution is -0.143. The molecule has 30 heavy (non-hydrogen) atoms. The number of para-hydroxylation sites is 1. The molecule has 8 nitrogen and oxygen atoms in total. The molecule has 0 spiro atoms. The van der Waals surface area contributed by atoms with E-state index in [0.29, 0.717) is 16.5 Å². The molecule has 1 N–H and O–H groups in total. The molecule has 2 atom stereocenters. The van der Waals surface area contributed by atoms with Gasteiger partial charge in [-0.3, -0.25) is 0 Å². The zero-order chi connectivity index (χ0) is 21.9. The maximum absolute atomic E-state index is 13.2. The summed E-state index contributed by atoms with van der Waals surface area (Å²) in [6, 6.07) is 14.0. The maximum Gasteiger partial charge on any atom is 0.407 e. The summed E-state index contributed by atoms with van der Waals surface area (Å²) in [5.74, 6) is -1.27. The van der Waals surface area contributed by atoms with Crippen molar-refractivity contribution in [3.8, 4) is 0 Å². The molecule has 1 amide bonds. The van der Waals surface area contributed by atoms with Gasteiger partial charge < -0.3 is 14.8 Å². The van der Waals surface area contributed by atoms with E-state index in [0.717, 1.165) is 0 Å². The highest BCUT2D eigenvalue weighted by atomic mass is 32.2. The molecule has 0 unspecified atom stereocenters. The fraction of sp³-hybridized carbons (Fsp3) is 0.238. The first-order valence-electron chi connectivity index (χ1n) is 9.14. The maximum atomic E-state index is 13.2. The van der Waals surface area contributed by atoms with Crippen LogP contribution in [0.25, 0.3) is 10.9 Å². The highest BCUT2D eigenvalue weighted by Gasteiger charge is 2.32. The topological polar surface area (TPSA) is 104 Å². The first-order chi connectivity index (χ1) is 14.3. The van der Waals surface area contributed by atoms with Crippen LogP contribution in [-0.2, 0) is 24.3 Å². The number of amides is 1. The number of nitrogens with one attached hydrogen (secondary N) is 1. The van der Waals surface area contributed by atoms with Gasteiger partial charge in [-0.05, 0) is 23.8 Å². The van der Waals surface area contributed by atoms with Crippen LogP contribution in [0.15, 0.2) is 65.7 Å². The van der Waals surface area contributed by atoms with Crippen LogP contribution in [-0.4, -0.2) is 44.7 Å². The number of aromatic nitrogens is 1. The highest BCUT2D eigenvalue weighted by molar-refractivity contribution is 7.90. The number of carbonyl (C=O) groups excluding carboxylic acids is 2. The summed E-state index contributed by atoms with van der Waals surface area (Å²) in [7, 11) is -1.47. The lowest BCUT2D eigenvalue weighted by Crippen LogP contribution is -2.44. The second-order valence-corrected chi connectivity index (χ2v) is 8.46. The van der Waals surface area contributed by atoms with Crippen LogP contribution in [0.3, 0.4) is 0 Å². The molecule has 1 heterocycles. The first kappa shape index (κ1) is 21.4. The summed E-state index contributed by atoms with van der Waals surface area (Å²) in [6.45, 7) is 1.71. The molecule has 0 bridgehead atoms. The van der Waals surface area contributed by atoms with E-state index in [1.165, 1.54) is 36.5 Å². The number of esters is 1. The average molecular weight is 430 g/mol. The molecule has 0 radical (unpaired) electrons. The van der Waals surface area contributed by atoms with E-state index in [-0.39, 0.29) is 4.90 Å². The molecule has 0 aliphatic carbocycles. The third-order valence-corrected chi connectivity index (χ3v) is 6.60. The minimum Gasteiger partial charge on any atom is -0.467 e. The van der Waals surface area contributed by atoms with Crippen molar-refractivity contribution in [2.45, 2.75) is 23.8 Å².